The van der Waals surface area contributed by atoms with Crippen LogP contribution in [-0.4, -0.2) is 27.0 Å². The lowest BCUT2D eigenvalue weighted by Gasteiger charge is -2.26. The molecule has 0 radical (unpaired) electrons. The summed E-state index contributed by atoms with van der Waals surface area (Å²) < 4.78 is 1.58. The number of hydrogen-bond acceptors (Lipinski definition) is 5. The summed E-state index contributed by atoms with van der Waals surface area (Å²) in [6.07, 6.45) is 0. The normalized spacial score (nSPS) is 16.5. The van der Waals surface area contributed by atoms with E-state index >= 15 is 0 Å². The van der Waals surface area contributed by atoms with Gasteiger partial charge in [0.2, 0.25) is 5.91 Å². The number of carbonyl (C=O) groups is 2. The molecule has 0 spiro atoms. The van der Waals surface area contributed by atoms with Crippen LogP contribution in [0.2, 0.25) is 0 Å². The predicted molar refractivity (Wildman–Crippen MR) is 106 cm³/mol. The fourth-order valence-electron chi connectivity index (χ4n) is 2.79. The van der Waals surface area contributed by atoms with Crippen molar-refractivity contribution in [3.8, 4) is 0 Å². The number of amides is 1. The smallest absolute Gasteiger partial charge is 0.254 e. The fourth-order valence-corrected chi connectivity index (χ4v) is 3.88. The van der Waals surface area contributed by atoms with E-state index in [0.29, 0.717) is 28.7 Å². The van der Waals surface area contributed by atoms with Gasteiger partial charge in [-0.3, -0.25) is 19.0 Å². The first-order valence-electron chi connectivity index (χ1n) is 8.82. The number of nitrogens with zero attached hydrogens (tertiary/aromatic N) is 2. The van der Waals surface area contributed by atoms with Gasteiger partial charge in [-0.2, -0.15) is 0 Å². The van der Waals surface area contributed by atoms with Gasteiger partial charge in [-0.05, 0) is 31.2 Å². The lowest BCUT2D eigenvalue weighted by atomic mass is 9.92. The minimum absolute atomic E-state index is 0.0188. The molecule has 3 rings (SSSR count). The van der Waals surface area contributed by atoms with Crippen molar-refractivity contribution in [2.24, 2.45) is 5.92 Å². The molecule has 1 atom stereocenters. The van der Waals surface area contributed by atoms with Crippen LogP contribution >= 0.6 is 11.8 Å². The quantitative estimate of drug-likeness (QED) is 0.649. The number of aromatic nitrogens is 2. The van der Waals surface area contributed by atoms with Gasteiger partial charge in [0.05, 0.1) is 11.6 Å². The standard InChI is InChI=1S/C20H23N3O3S/c1-12(24)13-5-7-15(8-6-13)21-18(26)14-10-23-17(25)9-16(20(2,3)4)22-19(23)27-11-14/h5-9,14H,10-11H2,1-4H3,(H,21,26). The molecule has 0 saturated heterocycles. The van der Waals surface area contributed by atoms with Crippen LogP contribution in [0.4, 0.5) is 5.69 Å². The SMILES string of the molecule is CC(=O)c1ccc(NC(=O)C2CSc3nc(C(C)(C)C)cc(=O)n3C2)cc1. The Morgan fingerprint density at radius 1 is 1.22 bits per heavy atom. The van der Waals surface area contributed by atoms with Crippen LogP contribution in [0, 0.1) is 5.92 Å². The molecule has 1 aromatic carbocycles. The number of rotatable bonds is 3. The molecule has 1 aliphatic heterocycles. The first-order valence-corrected chi connectivity index (χ1v) is 9.81. The van der Waals surface area contributed by atoms with Gasteiger partial charge >= 0.3 is 0 Å². The Morgan fingerprint density at radius 2 is 1.89 bits per heavy atom. The first-order chi connectivity index (χ1) is 12.6. The zero-order valence-electron chi connectivity index (χ0n) is 15.9. The van der Waals surface area contributed by atoms with E-state index in [2.05, 4.69) is 10.3 Å². The molecule has 27 heavy (non-hydrogen) atoms. The van der Waals surface area contributed by atoms with Gasteiger partial charge < -0.3 is 5.32 Å². The second-order valence-corrected chi connectivity index (χ2v) is 8.74. The summed E-state index contributed by atoms with van der Waals surface area (Å²) in [4.78, 5) is 41.1. The third-order valence-electron chi connectivity index (χ3n) is 4.49. The molecule has 1 N–H and O–H groups in total. The van der Waals surface area contributed by atoms with E-state index < -0.39 is 0 Å². The van der Waals surface area contributed by atoms with E-state index in [4.69, 9.17) is 0 Å². The summed E-state index contributed by atoms with van der Waals surface area (Å²) in [5, 5.41) is 3.53. The second kappa shape index (κ2) is 7.31. The van der Waals surface area contributed by atoms with Crippen LogP contribution in [0.25, 0.3) is 0 Å². The Hall–Kier alpha value is -2.41. The van der Waals surface area contributed by atoms with Crippen molar-refractivity contribution in [3.05, 3.63) is 51.9 Å². The molecule has 0 fully saturated rings. The van der Waals surface area contributed by atoms with Crippen LogP contribution in [0.5, 0.6) is 0 Å². The zero-order valence-corrected chi connectivity index (χ0v) is 16.7. The van der Waals surface area contributed by atoms with Crippen molar-refractivity contribution in [2.75, 3.05) is 11.1 Å². The lowest BCUT2D eigenvalue weighted by molar-refractivity contribution is -0.119. The summed E-state index contributed by atoms with van der Waals surface area (Å²) >= 11 is 1.43. The third kappa shape index (κ3) is 4.30. The number of ketones is 1. The number of anilines is 1. The van der Waals surface area contributed by atoms with Crippen LogP contribution < -0.4 is 10.9 Å². The first kappa shape index (κ1) is 19.4. The highest BCUT2D eigenvalue weighted by molar-refractivity contribution is 7.99. The van der Waals surface area contributed by atoms with E-state index in [-0.39, 0.29) is 28.6 Å². The van der Waals surface area contributed by atoms with E-state index in [9.17, 15) is 14.4 Å². The fraction of sp³-hybridized carbons (Fsp3) is 0.400. The van der Waals surface area contributed by atoms with Gasteiger partial charge in [-0.15, -0.1) is 0 Å². The number of thioether (sulfide) groups is 1. The van der Waals surface area contributed by atoms with Crippen molar-refractivity contribution in [3.63, 3.8) is 0 Å². The van der Waals surface area contributed by atoms with Gasteiger partial charge in [0.25, 0.3) is 5.56 Å². The number of carbonyl (C=O) groups excluding carboxylic acids is 2. The molecule has 1 amide bonds. The molecule has 1 aliphatic rings. The van der Waals surface area contributed by atoms with Crippen LogP contribution in [0.3, 0.4) is 0 Å². The monoisotopic (exact) mass is 385 g/mol. The Bertz CT molecular complexity index is 942. The average molecular weight is 385 g/mol. The molecule has 2 heterocycles. The lowest BCUT2D eigenvalue weighted by Crippen LogP contribution is -2.37. The molecular formula is C20H23N3O3S. The van der Waals surface area contributed by atoms with Gasteiger partial charge in [0.15, 0.2) is 10.9 Å². The highest BCUT2D eigenvalue weighted by Gasteiger charge is 2.28. The molecular weight excluding hydrogens is 362 g/mol. The van der Waals surface area contributed by atoms with Crippen molar-refractivity contribution in [2.45, 2.75) is 44.8 Å². The Morgan fingerprint density at radius 3 is 2.48 bits per heavy atom. The maximum Gasteiger partial charge on any atom is 0.254 e. The molecule has 7 heteroatoms. The van der Waals surface area contributed by atoms with Crippen molar-refractivity contribution in [1.29, 1.82) is 0 Å². The van der Waals surface area contributed by atoms with E-state index in [1.54, 1.807) is 34.9 Å². The van der Waals surface area contributed by atoms with E-state index in [1.807, 2.05) is 20.8 Å². The van der Waals surface area contributed by atoms with Crippen LogP contribution in [-0.2, 0) is 16.8 Å². The van der Waals surface area contributed by atoms with Gasteiger partial charge in [-0.1, -0.05) is 32.5 Å². The molecule has 1 unspecified atom stereocenters. The Labute approximate surface area is 162 Å². The Kier molecular flexibility index (Phi) is 5.24. The molecule has 0 saturated carbocycles. The summed E-state index contributed by atoms with van der Waals surface area (Å²) in [7, 11) is 0. The maximum atomic E-state index is 12.6. The third-order valence-corrected chi connectivity index (χ3v) is 5.63. The number of Topliss-reactive ketones (excluding diaryl/α,β-unsaturated/α-hetero) is 1. The molecule has 142 valence electrons. The van der Waals surface area contributed by atoms with Crippen LogP contribution in [0.15, 0.2) is 40.3 Å². The number of fused-ring (bicyclic) bond motifs is 1. The summed E-state index contributed by atoms with van der Waals surface area (Å²) in [6.45, 7) is 7.88. The summed E-state index contributed by atoms with van der Waals surface area (Å²) in [6, 6.07) is 8.35. The topological polar surface area (TPSA) is 81.1 Å². The minimum Gasteiger partial charge on any atom is -0.326 e. The maximum absolute atomic E-state index is 12.6. The highest BCUT2D eigenvalue weighted by atomic mass is 32.2. The molecule has 0 bridgehead atoms. The van der Waals surface area contributed by atoms with Crippen molar-refractivity contribution in [1.82, 2.24) is 9.55 Å². The van der Waals surface area contributed by atoms with Gasteiger partial charge in [-0.25, -0.2) is 4.98 Å². The zero-order chi connectivity index (χ0) is 19.8. The summed E-state index contributed by atoms with van der Waals surface area (Å²) in [5.74, 6) is 0.0809. The van der Waals surface area contributed by atoms with Gasteiger partial charge in [0, 0.05) is 35.0 Å². The molecule has 2 aromatic rings. The predicted octanol–water partition coefficient (Wildman–Crippen LogP) is 3.10. The van der Waals surface area contributed by atoms with E-state index in [1.165, 1.54) is 18.7 Å². The highest BCUT2D eigenvalue weighted by Crippen LogP contribution is 2.28. The van der Waals surface area contributed by atoms with Crippen LogP contribution in [0.1, 0.15) is 43.7 Å². The minimum atomic E-state index is -0.324. The van der Waals surface area contributed by atoms with Gasteiger partial charge in [0.1, 0.15) is 0 Å². The summed E-state index contributed by atoms with van der Waals surface area (Å²) in [5.41, 5.74) is 1.67. The van der Waals surface area contributed by atoms with Crippen molar-refractivity contribution < 1.29 is 9.59 Å². The molecule has 0 aliphatic carbocycles. The largest absolute Gasteiger partial charge is 0.326 e. The van der Waals surface area contributed by atoms with Crippen molar-refractivity contribution >= 4 is 29.1 Å². The number of benzene rings is 1. The Balaban J connectivity index is 1.74. The number of nitrogens with one attached hydrogen (secondary N) is 1. The number of hydrogen-bond donors (Lipinski definition) is 1. The molecule has 1 aromatic heterocycles. The second-order valence-electron chi connectivity index (χ2n) is 7.75. The molecule has 6 nitrogen and oxygen atoms in total. The average Bonchev–Trinajstić information content (AvgIpc) is 2.61. The van der Waals surface area contributed by atoms with E-state index in [0.717, 1.165) is 5.69 Å².